The van der Waals surface area contributed by atoms with Crippen molar-refractivity contribution in [2.45, 2.75) is 98.3 Å². The van der Waals surface area contributed by atoms with Crippen LogP contribution < -0.4 is 9.80 Å². The number of aliphatic hydroxyl groups is 1. The van der Waals surface area contributed by atoms with Crippen LogP contribution in [0.15, 0.2) is 80.9 Å². The van der Waals surface area contributed by atoms with E-state index in [1.165, 1.54) is 37.5 Å². The van der Waals surface area contributed by atoms with Crippen molar-refractivity contribution in [3.8, 4) is 0 Å². The number of fused-ring (bicyclic) bond motifs is 2. The lowest BCUT2D eigenvalue weighted by Gasteiger charge is -2.46. The maximum Gasteiger partial charge on any atom is 0.333 e. The molecule has 68 heavy (non-hydrogen) atoms. The lowest BCUT2D eigenvalue weighted by Crippen LogP contribution is -2.55. The maximum absolute atomic E-state index is 14.5. The van der Waals surface area contributed by atoms with Gasteiger partial charge in [-0.05, 0) is 106 Å². The van der Waals surface area contributed by atoms with E-state index in [9.17, 15) is 76.2 Å². The Morgan fingerprint density at radius 3 is 1.82 bits per heavy atom. The van der Waals surface area contributed by atoms with Crippen LogP contribution in [0.25, 0.3) is 0 Å². The number of rotatable bonds is 20. The summed E-state index contributed by atoms with van der Waals surface area (Å²) in [5.41, 5.74) is -3.25. The quantitative estimate of drug-likeness (QED) is 0.0721. The zero-order valence-corrected chi connectivity index (χ0v) is 40.5. The van der Waals surface area contributed by atoms with Crippen molar-refractivity contribution in [3.63, 3.8) is 0 Å². The summed E-state index contributed by atoms with van der Waals surface area (Å²) < 4.78 is 142. The van der Waals surface area contributed by atoms with Gasteiger partial charge in [0.2, 0.25) is 0 Å². The van der Waals surface area contributed by atoms with E-state index in [0.29, 0.717) is 16.3 Å². The van der Waals surface area contributed by atoms with Crippen LogP contribution in [0.3, 0.4) is 0 Å². The molecule has 0 radical (unpaired) electrons. The highest BCUT2D eigenvalue weighted by Gasteiger charge is 2.56. The Balaban J connectivity index is 1.48. The van der Waals surface area contributed by atoms with Gasteiger partial charge >= 0.3 is 5.97 Å². The number of Topliss-reactive ketones (excluding diaryl/α,β-unsaturated/α-hetero) is 1. The molecule has 4 aliphatic rings. The number of aliphatic hydroxyl groups excluding tert-OH is 1. The van der Waals surface area contributed by atoms with E-state index in [1.807, 2.05) is 0 Å². The molecule has 22 nitrogen and oxygen atoms in total. The number of amides is 2. The number of carbonyl (C=O) groups excluding carboxylic acids is 4. The molecule has 0 bridgehead atoms. The first kappa shape index (κ1) is 52.3. The van der Waals surface area contributed by atoms with Gasteiger partial charge in [0.15, 0.2) is 5.78 Å². The van der Waals surface area contributed by atoms with Crippen LogP contribution in [-0.2, 0) is 80.1 Å². The number of hydrogen-bond acceptors (Lipinski definition) is 17. The average molecular weight is 1030 g/mol. The molecule has 2 aromatic carbocycles. The molecule has 2 amide bonds. The first-order valence-corrected chi connectivity index (χ1v) is 27.1. The Labute approximate surface area is 393 Å². The maximum atomic E-state index is 14.5. The second-order valence-corrected chi connectivity index (χ2v) is 23.5. The fourth-order valence-electron chi connectivity index (χ4n) is 9.52. The molecule has 1 aliphatic carbocycles. The SMILES string of the molecule is COCCN1c2ccc(S(=O)(=O)O)cc2C(C)(CCCS(=O)(=O)O)C1(C)/C=C1\C(=O)C(/C=C2/N(CCCC(=O)ON3C(=O)CCC3=O)c3ccc(S(=O)(=O)O)cc3C2(C)CCCS(=O)(=O)O)=C1O. The number of ether oxygens (including phenoxy) is 1. The van der Waals surface area contributed by atoms with Crippen molar-refractivity contribution in [2.24, 2.45) is 0 Å². The number of nitrogens with zero attached hydrogens (tertiary/aromatic N) is 3. The molecular formula is C42H51N3O19S4. The number of hydroxylamine groups is 2. The molecule has 5 N–H and O–H groups in total. The smallest absolute Gasteiger partial charge is 0.333 e. The molecular weight excluding hydrogens is 979 g/mol. The van der Waals surface area contributed by atoms with E-state index in [2.05, 4.69) is 0 Å². The highest BCUT2D eigenvalue weighted by atomic mass is 32.2. The molecule has 3 atom stereocenters. The fourth-order valence-corrected chi connectivity index (χ4v) is 11.6. The minimum Gasteiger partial charge on any atom is -0.506 e. The standard InChI is InChI=1S/C42H51N3O19S4/c1-40(15-6-20-65(51,52)53)30-22-26(67(57,58)59)9-11-32(30)43(17-5-8-37(48)64-45-35(46)13-14-36(45)47)34(40)24-28-38(49)29(39(28)50)25-42(3)41(2,16-7-21-66(54,55)56)31-23-27(68(60,61)62)10-12-33(31)44(42)18-19-63-4/h9-12,22-25,49H,5-8,13-21H2,1-4H3,(H,51,52,53)(H,54,55,56)(H,57,58,59)(H,60,61,62)/b29-25-,34-24+. The second kappa shape index (κ2) is 18.7. The van der Waals surface area contributed by atoms with Crippen molar-refractivity contribution in [1.29, 1.82) is 0 Å². The normalized spacial score (nSPS) is 24.4. The summed E-state index contributed by atoms with van der Waals surface area (Å²) >= 11 is 0. The fraction of sp³-hybridized carbons (Fsp3) is 0.476. The predicted octanol–water partition coefficient (Wildman–Crippen LogP) is 3.37. The monoisotopic (exact) mass is 1030 g/mol. The Morgan fingerprint density at radius 2 is 1.29 bits per heavy atom. The first-order valence-electron chi connectivity index (χ1n) is 21.0. The molecule has 2 aromatic rings. The Hall–Kier alpha value is -5.06. The van der Waals surface area contributed by atoms with Crippen LogP contribution in [0.2, 0.25) is 0 Å². The molecule has 6 rings (SSSR count). The van der Waals surface area contributed by atoms with Gasteiger partial charge in [-0.15, -0.1) is 5.06 Å². The van der Waals surface area contributed by atoms with Crippen molar-refractivity contribution in [1.82, 2.24) is 5.06 Å². The summed E-state index contributed by atoms with van der Waals surface area (Å²) in [6.45, 7) is 5.01. The van der Waals surface area contributed by atoms with Crippen molar-refractivity contribution >= 4 is 75.4 Å². The summed E-state index contributed by atoms with van der Waals surface area (Å²) in [5.74, 6) is -5.06. The predicted molar refractivity (Wildman–Crippen MR) is 241 cm³/mol. The van der Waals surface area contributed by atoms with Crippen LogP contribution in [0.4, 0.5) is 11.4 Å². The van der Waals surface area contributed by atoms with E-state index >= 15 is 0 Å². The van der Waals surface area contributed by atoms with Gasteiger partial charge < -0.3 is 24.5 Å². The summed E-state index contributed by atoms with van der Waals surface area (Å²) in [6.07, 6.45) is 1.47. The van der Waals surface area contributed by atoms with Crippen LogP contribution in [0.1, 0.15) is 83.3 Å². The van der Waals surface area contributed by atoms with E-state index in [4.69, 9.17) is 9.57 Å². The van der Waals surface area contributed by atoms with Crippen LogP contribution in [-0.4, -0.2) is 129 Å². The zero-order chi connectivity index (χ0) is 50.6. The number of benzene rings is 2. The number of imide groups is 1. The third-order valence-corrected chi connectivity index (χ3v) is 16.5. The Bertz CT molecular complexity index is 3010. The summed E-state index contributed by atoms with van der Waals surface area (Å²) in [6, 6.07) is 7.40. The minimum atomic E-state index is -4.83. The largest absolute Gasteiger partial charge is 0.506 e. The lowest BCUT2D eigenvalue weighted by atomic mass is 9.65. The topological polar surface area (TPSA) is 334 Å². The minimum absolute atomic E-state index is 0.0487. The summed E-state index contributed by atoms with van der Waals surface area (Å²) in [4.78, 5) is 58.8. The molecule has 372 valence electrons. The van der Waals surface area contributed by atoms with Crippen LogP contribution >= 0.6 is 0 Å². The molecule has 0 saturated carbocycles. The number of hydrogen-bond donors (Lipinski definition) is 5. The number of methoxy groups -OCH3 is 1. The number of ketones is 1. The average Bonchev–Trinajstić information content (AvgIpc) is 3.73. The molecule has 3 unspecified atom stereocenters. The van der Waals surface area contributed by atoms with E-state index in [0.717, 1.165) is 18.2 Å². The van der Waals surface area contributed by atoms with Crippen molar-refractivity contribution in [3.05, 3.63) is 82.3 Å². The molecule has 1 saturated heterocycles. The zero-order valence-electron chi connectivity index (χ0n) is 37.2. The highest BCUT2D eigenvalue weighted by molar-refractivity contribution is 7.86. The van der Waals surface area contributed by atoms with Crippen LogP contribution in [0.5, 0.6) is 0 Å². The van der Waals surface area contributed by atoms with Gasteiger partial charge in [0.25, 0.3) is 52.3 Å². The van der Waals surface area contributed by atoms with Crippen molar-refractivity contribution < 1.29 is 85.7 Å². The Kier molecular flexibility index (Phi) is 14.4. The molecule has 1 fully saturated rings. The number of anilines is 2. The van der Waals surface area contributed by atoms with E-state index in [-0.39, 0.29) is 99.2 Å². The van der Waals surface area contributed by atoms with Crippen LogP contribution in [0, 0.1) is 0 Å². The van der Waals surface area contributed by atoms with Gasteiger partial charge in [0, 0.05) is 67.4 Å². The van der Waals surface area contributed by atoms with Gasteiger partial charge in [-0.1, -0.05) is 6.92 Å². The molecule has 3 heterocycles. The molecule has 0 aromatic heterocycles. The van der Waals surface area contributed by atoms with Gasteiger partial charge in [-0.25, -0.2) is 4.79 Å². The molecule has 3 aliphatic heterocycles. The Morgan fingerprint density at radius 1 is 0.750 bits per heavy atom. The lowest BCUT2D eigenvalue weighted by molar-refractivity contribution is -0.197. The summed E-state index contributed by atoms with van der Waals surface area (Å²) in [5, 5.41) is 12.3. The number of carbonyl (C=O) groups is 4. The van der Waals surface area contributed by atoms with Gasteiger partial charge in [0.1, 0.15) is 5.76 Å². The third kappa shape index (κ3) is 10.3. The van der Waals surface area contributed by atoms with E-state index < -0.39 is 107 Å². The van der Waals surface area contributed by atoms with E-state index in [1.54, 1.807) is 30.6 Å². The molecule has 0 spiro atoms. The van der Waals surface area contributed by atoms with Gasteiger partial charge in [-0.3, -0.25) is 32.6 Å². The highest BCUT2D eigenvalue weighted by Crippen LogP contribution is 2.57. The second-order valence-electron chi connectivity index (χ2n) is 17.5. The summed E-state index contributed by atoms with van der Waals surface area (Å²) in [7, 11) is -17.2. The van der Waals surface area contributed by atoms with Gasteiger partial charge in [-0.2, -0.15) is 33.7 Å². The number of allylic oxidation sites excluding steroid dienone is 4. The first-order chi connectivity index (χ1) is 31.4. The van der Waals surface area contributed by atoms with Crippen molar-refractivity contribution in [2.75, 3.05) is 48.1 Å². The molecule has 26 heteroatoms. The third-order valence-electron chi connectivity index (χ3n) is 13.2. The van der Waals surface area contributed by atoms with Gasteiger partial charge in [0.05, 0.1) is 44.6 Å².